The summed E-state index contributed by atoms with van der Waals surface area (Å²) in [5.74, 6) is 1.76. The molecule has 1 fully saturated rings. The van der Waals surface area contributed by atoms with Crippen molar-refractivity contribution >= 4 is 40.2 Å². The van der Waals surface area contributed by atoms with Crippen LogP contribution in [0.2, 0.25) is 5.02 Å². The molecule has 2 aromatic carbocycles. The molecule has 4 rings (SSSR count). The number of hydrogen-bond donors (Lipinski definition) is 2. The third kappa shape index (κ3) is 7.78. The molecular formula is C30H37ClN2O5S. The monoisotopic (exact) mass is 572 g/mol. The van der Waals surface area contributed by atoms with Crippen LogP contribution in [0.1, 0.15) is 50.2 Å². The van der Waals surface area contributed by atoms with Crippen LogP contribution in [-0.4, -0.2) is 65.7 Å². The summed E-state index contributed by atoms with van der Waals surface area (Å²) in [6.07, 6.45) is 4.55. The van der Waals surface area contributed by atoms with Gasteiger partial charge in [-0.15, -0.1) is 11.8 Å². The van der Waals surface area contributed by atoms with Crippen molar-refractivity contribution in [1.29, 1.82) is 0 Å². The number of benzene rings is 2. The third-order valence-electron chi connectivity index (χ3n) is 7.72. The first kappa shape index (κ1) is 29.5. The van der Waals surface area contributed by atoms with Crippen molar-refractivity contribution in [2.24, 2.45) is 5.41 Å². The van der Waals surface area contributed by atoms with Crippen molar-refractivity contribution in [2.45, 2.75) is 49.5 Å². The summed E-state index contributed by atoms with van der Waals surface area (Å²) in [7, 11) is 3.27. The van der Waals surface area contributed by atoms with Gasteiger partial charge in [0.15, 0.2) is 0 Å². The molecule has 210 valence electrons. The second-order valence-corrected chi connectivity index (χ2v) is 11.8. The van der Waals surface area contributed by atoms with Gasteiger partial charge in [-0.1, -0.05) is 17.7 Å². The summed E-state index contributed by atoms with van der Waals surface area (Å²) < 4.78 is 10.7. The molecule has 1 aliphatic rings. The molecule has 2 heterocycles. The minimum absolute atomic E-state index is 0.109. The topological polar surface area (TPSA) is 92.1 Å². The normalized spacial score (nSPS) is 16.2. The van der Waals surface area contributed by atoms with Gasteiger partial charge in [0.25, 0.3) is 0 Å². The Morgan fingerprint density at radius 1 is 1.15 bits per heavy atom. The molecule has 0 saturated carbocycles. The third-order valence-corrected chi connectivity index (χ3v) is 9.10. The SMILES string of the molecule is COc1cccc(SCCCN2CCC(CC[C@@H](O)c3c(Cl)cnc4ccc(OC)cc34)(CC(=O)O)CC2)c1. The fourth-order valence-electron chi connectivity index (χ4n) is 5.48. The highest BCUT2D eigenvalue weighted by molar-refractivity contribution is 7.99. The maximum Gasteiger partial charge on any atom is 0.303 e. The number of carboxylic acids is 1. The summed E-state index contributed by atoms with van der Waals surface area (Å²) >= 11 is 8.32. The maximum atomic E-state index is 11.8. The lowest BCUT2D eigenvalue weighted by atomic mass is 9.71. The van der Waals surface area contributed by atoms with Crippen LogP contribution in [0.15, 0.2) is 53.6 Å². The number of nitrogens with zero attached hydrogens (tertiary/aromatic N) is 2. The Hall–Kier alpha value is -2.52. The number of hydrogen-bond acceptors (Lipinski definition) is 7. The van der Waals surface area contributed by atoms with Gasteiger partial charge in [-0.3, -0.25) is 9.78 Å². The zero-order valence-corrected chi connectivity index (χ0v) is 24.1. The number of ether oxygens (including phenoxy) is 2. The molecule has 1 saturated heterocycles. The van der Waals surface area contributed by atoms with E-state index in [4.69, 9.17) is 21.1 Å². The Kier molecular flexibility index (Phi) is 10.4. The average Bonchev–Trinajstić information content (AvgIpc) is 2.94. The number of rotatable bonds is 13. The first-order valence-electron chi connectivity index (χ1n) is 13.3. The molecule has 0 unspecified atom stereocenters. The number of carbonyl (C=O) groups is 1. The van der Waals surface area contributed by atoms with Gasteiger partial charge in [-0.25, -0.2) is 0 Å². The molecule has 0 radical (unpaired) electrons. The van der Waals surface area contributed by atoms with E-state index in [0.717, 1.165) is 61.3 Å². The molecular weight excluding hydrogens is 536 g/mol. The molecule has 0 bridgehead atoms. The fourth-order valence-corrected chi connectivity index (χ4v) is 6.64. The number of aliphatic hydroxyl groups is 1. The molecule has 2 N–H and O–H groups in total. The smallest absolute Gasteiger partial charge is 0.303 e. The molecule has 3 aromatic rings. The molecule has 9 heteroatoms. The van der Waals surface area contributed by atoms with E-state index in [2.05, 4.69) is 22.0 Å². The van der Waals surface area contributed by atoms with Crippen molar-refractivity contribution in [3.63, 3.8) is 0 Å². The zero-order chi connectivity index (χ0) is 27.8. The molecule has 0 amide bonds. The van der Waals surface area contributed by atoms with E-state index in [9.17, 15) is 15.0 Å². The minimum atomic E-state index is -0.826. The lowest BCUT2D eigenvalue weighted by molar-refractivity contribution is -0.141. The second kappa shape index (κ2) is 13.7. The van der Waals surface area contributed by atoms with E-state index in [1.54, 1.807) is 20.4 Å². The lowest BCUT2D eigenvalue weighted by Gasteiger charge is -2.41. The van der Waals surface area contributed by atoms with Crippen LogP contribution >= 0.6 is 23.4 Å². The molecule has 39 heavy (non-hydrogen) atoms. The van der Waals surface area contributed by atoms with Crippen LogP contribution in [0.25, 0.3) is 10.9 Å². The Labute approximate surface area is 239 Å². The summed E-state index contributed by atoms with van der Waals surface area (Å²) in [4.78, 5) is 19.8. The van der Waals surface area contributed by atoms with Gasteiger partial charge in [0, 0.05) is 22.0 Å². The van der Waals surface area contributed by atoms with Gasteiger partial charge < -0.3 is 24.6 Å². The number of halogens is 1. The fraction of sp³-hybridized carbons (Fsp3) is 0.467. The molecule has 0 spiro atoms. The number of likely N-dealkylation sites (tertiary alicyclic amines) is 1. The highest BCUT2D eigenvalue weighted by atomic mass is 35.5. The van der Waals surface area contributed by atoms with Gasteiger partial charge in [0.05, 0.1) is 37.3 Å². The van der Waals surface area contributed by atoms with Gasteiger partial charge in [0.1, 0.15) is 11.5 Å². The van der Waals surface area contributed by atoms with Gasteiger partial charge in [-0.2, -0.15) is 0 Å². The van der Waals surface area contributed by atoms with Crippen LogP contribution in [-0.2, 0) is 4.79 Å². The maximum absolute atomic E-state index is 11.8. The summed E-state index contributed by atoms with van der Waals surface area (Å²) in [6.45, 7) is 2.72. The number of carboxylic acid groups (broad SMARTS) is 1. The summed E-state index contributed by atoms with van der Waals surface area (Å²) in [6, 6.07) is 13.6. The van der Waals surface area contributed by atoms with Gasteiger partial charge in [0.2, 0.25) is 0 Å². The van der Waals surface area contributed by atoms with Crippen LogP contribution in [0.5, 0.6) is 11.5 Å². The number of thioether (sulfide) groups is 1. The molecule has 1 aliphatic heterocycles. The second-order valence-electron chi connectivity index (χ2n) is 10.3. The van der Waals surface area contributed by atoms with Gasteiger partial charge >= 0.3 is 5.97 Å². The van der Waals surface area contributed by atoms with E-state index in [1.165, 1.54) is 4.90 Å². The molecule has 7 nitrogen and oxygen atoms in total. The zero-order valence-electron chi connectivity index (χ0n) is 22.6. The average molecular weight is 573 g/mol. The van der Waals surface area contributed by atoms with Crippen LogP contribution < -0.4 is 9.47 Å². The Morgan fingerprint density at radius 3 is 2.62 bits per heavy atom. The number of piperidine rings is 1. The molecule has 1 atom stereocenters. The highest BCUT2D eigenvalue weighted by Crippen LogP contribution is 2.43. The highest BCUT2D eigenvalue weighted by Gasteiger charge is 2.37. The largest absolute Gasteiger partial charge is 0.497 e. The number of methoxy groups -OCH3 is 2. The van der Waals surface area contributed by atoms with Crippen molar-refractivity contribution in [1.82, 2.24) is 9.88 Å². The van der Waals surface area contributed by atoms with E-state index >= 15 is 0 Å². The van der Waals surface area contributed by atoms with E-state index in [-0.39, 0.29) is 11.8 Å². The minimum Gasteiger partial charge on any atom is -0.497 e. The molecule has 0 aliphatic carbocycles. The summed E-state index contributed by atoms with van der Waals surface area (Å²) in [5.41, 5.74) is 1.01. The Morgan fingerprint density at radius 2 is 1.90 bits per heavy atom. The number of aromatic nitrogens is 1. The predicted octanol–water partition coefficient (Wildman–Crippen LogP) is 6.46. The van der Waals surface area contributed by atoms with Crippen molar-refractivity contribution in [2.75, 3.05) is 39.6 Å². The molecule has 1 aromatic heterocycles. The standard InChI is InChI=1S/C30H37ClN2O5S/c1-37-21-5-3-6-23(17-21)39-16-4-13-33-14-11-30(12-15-33,19-28(35)36)10-9-27(34)29-24-18-22(38-2)7-8-26(24)32-20-25(29)31/h3,5-8,17-18,20,27,34H,4,9-16,19H2,1-2H3,(H,35,36)/t27-/m1/s1. The number of aliphatic hydroxyl groups excluding tert-OH is 1. The van der Waals surface area contributed by atoms with E-state index < -0.39 is 12.1 Å². The van der Waals surface area contributed by atoms with Crippen LogP contribution in [0.3, 0.4) is 0 Å². The van der Waals surface area contributed by atoms with Crippen molar-refractivity contribution in [3.05, 3.63) is 59.2 Å². The number of fused-ring (bicyclic) bond motifs is 1. The first-order valence-corrected chi connectivity index (χ1v) is 14.7. The number of aliphatic carboxylic acids is 1. The quantitative estimate of drug-likeness (QED) is 0.178. The predicted molar refractivity (Wildman–Crippen MR) is 156 cm³/mol. The Bertz CT molecular complexity index is 1270. The van der Waals surface area contributed by atoms with Crippen molar-refractivity contribution in [3.8, 4) is 11.5 Å². The van der Waals surface area contributed by atoms with Gasteiger partial charge in [-0.05, 0) is 99.3 Å². The number of pyridine rings is 1. The van der Waals surface area contributed by atoms with Crippen LogP contribution in [0, 0.1) is 5.41 Å². The summed E-state index contributed by atoms with van der Waals surface area (Å²) in [5, 5.41) is 22.1. The van der Waals surface area contributed by atoms with E-state index in [0.29, 0.717) is 29.2 Å². The lowest BCUT2D eigenvalue weighted by Crippen LogP contribution is -2.41. The van der Waals surface area contributed by atoms with Crippen LogP contribution in [0.4, 0.5) is 0 Å². The van der Waals surface area contributed by atoms with E-state index in [1.807, 2.05) is 42.1 Å². The Balaban J connectivity index is 1.33. The van der Waals surface area contributed by atoms with Crippen molar-refractivity contribution < 1.29 is 24.5 Å². The first-order chi connectivity index (χ1) is 18.8.